The third kappa shape index (κ3) is 1.67. The predicted octanol–water partition coefficient (Wildman–Crippen LogP) is 3.02. The highest BCUT2D eigenvalue weighted by molar-refractivity contribution is 9.08. The topological polar surface area (TPSA) is 23.8 Å². The van der Waals surface area contributed by atoms with Crippen LogP contribution in [0.2, 0.25) is 0 Å². The lowest BCUT2D eigenvalue weighted by Crippen LogP contribution is -1.93. The molecule has 1 nitrogen and oxygen atoms in total. The summed E-state index contributed by atoms with van der Waals surface area (Å²) in [6.07, 6.45) is 0.921. The van der Waals surface area contributed by atoms with Crippen LogP contribution in [-0.2, 0) is 11.8 Å². The van der Waals surface area contributed by atoms with Gasteiger partial charge >= 0.3 is 0 Å². The number of nitrogens with zero attached hydrogens (tertiary/aromatic N) is 1. The summed E-state index contributed by atoms with van der Waals surface area (Å²) in [6.45, 7) is 2.07. The van der Waals surface area contributed by atoms with E-state index < -0.39 is 0 Å². The molecule has 2 heteroatoms. The van der Waals surface area contributed by atoms with Gasteiger partial charge in [0.25, 0.3) is 0 Å². The molecule has 0 heterocycles. The third-order valence-electron chi connectivity index (χ3n) is 1.89. The molecule has 0 aliphatic rings. The minimum atomic E-state index is 0.800. The summed E-state index contributed by atoms with van der Waals surface area (Å²) in [5.41, 5.74) is 3.18. The van der Waals surface area contributed by atoms with Crippen molar-refractivity contribution in [1.29, 1.82) is 5.26 Å². The van der Waals surface area contributed by atoms with E-state index in [9.17, 15) is 0 Å². The smallest absolute Gasteiger partial charge is 0.0994 e. The first kappa shape index (κ1) is 9.28. The molecule has 0 spiro atoms. The lowest BCUT2D eigenvalue weighted by Gasteiger charge is -2.05. The second-order valence-electron chi connectivity index (χ2n) is 2.54. The van der Waals surface area contributed by atoms with Crippen LogP contribution in [0.1, 0.15) is 23.6 Å². The van der Waals surface area contributed by atoms with Crippen LogP contribution in [0.3, 0.4) is 0 Å². The predicted molar refractivity (Wildman–Crippen MR) is 53.2 cm³/mol. The van der Waals surface area contributed by atoms with Gasteiger partial charge in [-0.15, -0.1) is 0 Å². The standard InChI is InChI=1S/C10H10BrN/c1-2-10-8(6-11)4-3-5-9(10)7-12/h3-5H,2,6H2,1H3. The largest absolute Gasteiger partial charge is 0.192 e. The number of halogens is 1. The Balaban J connectivity index is 3.24. The highest BCUT2D eigenvalue weighted by Gasteiger charge is 2.03. The van der Waals surface area contributed by atoms with Crippen LogP contribution >= 0.6 is 15.9 Å². The van der Waals surface area contributed by atoms with Gasteiger partial charge in [-0.3, -0.25) is 0 Å². The molecule has 0 bridgehead atoms. The van der Waals surface area contributed by atoms with Gasteiger partial charge in [-0.25, -0.2) is 0 Å². The minimum Gasteiger partial charge on any atom is -0.192 e. The lowest BCUT2D eigenvalue weighted by molar-refractivity contribution is 1.09. The molecule has 0 fully saturated rings. The number of rotatable bonds is 2. The van der Waals surface area contributed by atoms with Crippen molar-refractivity contribution in [1.82, 2.24) is 0 Å². The molecule has 0 saturated carbocycles. The Morgan fingerprint density at radius 3 is 2.75 bits per heavy atom. The number of benzene rings is 1. The molecule has 0 saturated heterocycles. The SMILES string of the molecule is CCc1c(C#N)cccc1CBr. The van der Waals surface area contributed by atoms with Crippen LogP contribution in [0.4, 0.5) is 0 Å². The zero-order valence-corrected chi connectivity index (χ0v) is 8.56. The fourth-order valence-corrected chi connectivity index (χ4v) is 1.81. The van der Waals surface area contributed by atoms with Crippen molar-refractivity contribution in [2.24, 2.45) is 0 Å². The molecule has 0 atom stereocenters. The van der Waals surface area contributed by atoms with Crippen molar-refractivity contribution in [2.75, 3.05) is 0 Å². The van der Waals surface area contributed by atoms with Crippen LogP contribution in [0.25, 0.3) is 0 Å². The summed E-state index contributed by atoms with van der Waals surface area (Å²) in [4.78, 5) is 0. The molecule has 0 radical (unpaired) electrons. The Bertz CT molecular complexity index is 312. The maximum absolute atomic E-state index is 8.80. The maximum Gasteiger partial charge on any atom is 0.0994 e. The van der Waals surface area contributed by atoms with E-state index >= 15 is 0 Å². The first-order valence-electron chi connectivity index (χ1n) is 3.90. The zero-order chi connectivity index (χ0) is 8.97. The van der Waals surface area contributed by atoms with Gasteiger partial charge in [0.05, 0.1) is 11.6 Å². The highest BCUT2D eigenvalue weighted by Crippen LogP contribution is 2.17. The molecule has 1 aromatic rings. The summed E-state index contributed by atoms with van der Waals surface area (Å²) in [5, 5.41) is 9.63. The number of nitriles is 1. The summed E-state index contributed by atoms with van der Waals surface area (Å²) < 4.78 is 0. The number of hydrogen-bond donors (Lipinski definition) is 0. The molecular weight excluding hydrogens is 214 g/mol. The van der Waals surface area contributed by atoms with E-state index in [2.05, 4.69) is 35.0 Å². The molecule has 1 aromatic carbocycles. The van der Waals surface area contributed by atoms with Crippen LogP contribution < -0.4 is 0 Å². The van der Waals surface area contributed by atoms with Crippen LogP contribution in [-0.4, -0.2) is 0 Å². The molecule has 12 heavy (non-hydrogen) atoms. The molecule has 0 unspecified atom stereocenters. The molecule has 0 N–H and O–H groups in total. The summed E-state index contributed by atoms with van der Waals surface area (Å²) in [7, 11) is 0. The van der Waals surface area contributed by atoms with Gasteiger partial charge < -0.3 is 0 Å². The normalized spacial score (nSPS) is 9.42. The maximum atomic E-state index is 8.80. The van der Waals surface area contributed by atoms with Gasteiger partial charge in [0.15, 0.2) is 0 Å². The van der Waals surface area contributed by atoms with E-state index in [0.717, 1.165) is 22.9 Å². The summed E-state index contributed by atoms with van der Waals surface area (Å²) >= 11 is 3.40. The average Bonchev–Trinajstić information content (AvgIpc) is 2.16. The van der Waals surface area contributed by atoms with Crippen LogP contribution in [0.15, 0.2) is 18.2 Å². The quantitative estimate of drug-likeness (QED) is 0.708. The van der Waals surface area contributed by atoms with Crippen molar-refractivity contribution >= 4 is 15.9 Å². The first-order chi connectivity index (χ1) is 5.83. The van der Waals surface area contributed by atoms with E-state index in [1.165, 1.54) is 5.56 Å². The fourth-order valence-electron chi connectivity index (χ4n) is 1.28. The number of alkyl halides is 1. The second kappa shape index (κ2) is 4.27. The number of hydrogen-bond acceptors (Lipinski definition) is 1. The Kier molecular flexibility index (Phi) is 3.31. The van der Waals surface area contributed by atoms with Gasteiger partial charge in [0, 0.05) is 5.33 Å². The van der Waals surface area contributed by atoms with Crippen LogP contribution in [0.5, 0.6) is 0 Å². The van der Waals surface area contributed by atoms with Crippen molar-refractivity contribution in [3.63, 3.8) is 0 Å². The molecule has 1 rings (SSSR count). The Morgan fingerprint density at radius 2 is 2.25 bits per heavy atom. The zero-order valence-electron chi connectivity index (χ0n) is 6.97. The van der Waals surface area contributed by atoms with Crippen molar-refractivity contribution < 1.29 is 0 Å². The van der Waals surface area contributed by atoms with Gasteiger partial charge in [-0.05, 0) is 23.6 Å². The summed E-state index contributed by atoms with van der Waals surface area (Å²) in [6, 6.07) is 8.04. The minimum absolute atomic E-state index is 0.800. The van der Waals surface area contributed by atoms with E-state index in [1.807, 2.05) is 12.1 Å². The van der Waals surface area contributed by atoms with Gasteiger partial charge in [0.1, 0.15) is 0 Å². The van der Waals surface area contributed by atoms with Gasteiger partial charge in [0.2, 0.25) is 0 Å². The molecule has 0 aliphatic carbocycles. The molecule has 0 amide bonds. The fraction of sp³-hybridized carbons (Fsp3) is 0.300. The Labute approximate surface area is 81.2 Å². The van der Waals surface area contributed by atoms with Crippen molar-refractivity contribution in [2.45, 2.75) is 18.7 Å². The van der Waals surface area contributed by atoms with Gasteiger partial charge in [-0.1, -0.05) is 35.0 Å². The van der Waals surface area contributed by atoms with Crippen molar-refractivity contribution in [3.05, 3.63) is 34.9 Å². The van der Waals surface area contributed by atoms with E-state index in [4.69, 9.17) is 5.26 Å². The molecule has 0 aromatic heterocycles. The first-order valence-corrected chi connectivity index (χ1v) is 5.02. The Hall–Kier alpha value is -0.810. The van der Waals surface area contributed by atoms with E-state index in [0.29, 0.717) is 0 Å². The highest BCUT2D eigenvalue weighted by atomic mass is 79.9. The summed E-state index contributed by atoms with van der Waals surface area (Å²) in [5.74, 6) is 0. The van der Waals surface area contributed by atoms with Crippen LogP contribution in [0, 0.1) is 11.3 Å². The molecule has 0 aliphatic heterocycles. The Morgan fingerprint density at radius 1 is 1.50 bits per heavy atom. The van der Waals surface area contributed by atoms with E-state index in [1.54, 1.807) is 0 Å². The average molecular weight is 224 g/mol. The van der Waals surface area contributed by atoms with E-state index in [-0.39, 0.29) is 0 Å². The molecular formula is C10H10BrN. The third-order valence-corrected chi connectivity index (χ3v) is 2.50. The van der Waals surface area contributed by atoms with Crippen molar-refractivity contribution in [3.8, 4) is 6.07 Å². The second-order valence-corrected chi connectivity index (χ2v) is 3.10. The molecule has 62 valence electrons. The lowest BCUT2D eigenvalue weighted by atomic mass is 10.0. The monoisotopic (exact) mass is 223 g/mol. The van der Waals surface area contributed by atoms with Gasteiger partial charge in [-0.2, -0.15) is 5.26 Å².